The number of nitrogens with zero attached hydrogens (tertiary/aromatic N) is 3. The zero-order chi connectivity index (χ0) is 14.1. The second-order valence-corrected chi connectivity index (χ2v) is 6.17. The first kappa shape index (κ1) is 13.3. The summed E-state index contributed by atoms with van der Waals surface area (Å²) in [5, 5.41) is 9.97. The van der Waals surface area contributed by atoms with Gasteiger partial charge in [0.2, 0.25) is 0 Å². The highest BCUT2D eigenvalue weighted by Crippen LogP contribution is 2.36. The van der Waals surface area contributed by atoms with Crippen molar-refractivity contribution in [3.8, 4) is 0 Å². The van der Waals surface area contributed by atoms with Gasteiger partial charge < -0.3 is 10.0 Å². The highest BCUT2D eigenvalue weighted by molar-refractivity contribution is 7.18. The van der Waals surface area contributed by atoms with Crippen molar-refractivity contribution >= 4 is 33.3 Å². The molecule has 1 aliphatic carbocycles. The van der Waals surface area contributed by atoms with Crippen LogP contribution in [0.25, 0.3) is 10.2 Å². The number of rotatable bonds is 6. The standard InChI is InChI=1S/C14H17N3O2S/c1-2-10-7-11-13(15-8-16-14(11)20-10)17(9-3-4-9)6-5-12(18)19/h7-9H,2-6H2,1H3,(H,18,19). The summed E-state index contributed by atoms with van der Waals surface area (Å²) in [6, 6.07) is 2.59. The lowest BCUT2D eigenvalue weighted by Crippen LogP contribution is -2.29. The highest BCUT2D eigenvalue weighted by atomic mass is 32.1. The molecule has 20 heavy (non-hydrogen) atoms. The minimum atomic E-state index is -0.763. The number of carboxylic acid groups (broad SMARTS) is 1. The van der Waals surface area contributed by atoms with Gasteiger partial charge in [-0.15, -0.1) is 11.3 Å². The lowest BCUT2D eigenvalue weighted by atomic mass is 10.2. The fourth-order valence-electron chi connectivity index (χ4n) is 2.36. The molecule has 0 bridgehead atoms. The molecule has 0 aromatic carbocycles. The van der Waals surface area contributed by atoms with E-state index in [2.05, 4.69) is 27.9 Å². The molecular weight excluding hydrogens is 274 g/mol. The van der Waals surface area contributed by atoms with Crippen LogP contribution in [0.4, 0.5) is 5.82 Å². The fraction of sp³-hybridized carbons (Fsp3) is 0.500. The Kier molecular flexibility index (Phi) is 3.56. The summed E-state index contributed by atoms with van der Waals surface area (Å²) >= 11 is 1.69. The molecule has 1 saturated carbocycles. The van der Waals surface area contributed by atoms with Gasteiger partial charge in [0.15, 0.2) is 0 Å². The zero-order valence-electron chi connectivity index (χ0n) is 11.4. The largest absolute Gasteiger partial charge is 0.481 e. The number of carboxylic acids is 1. The van der Waals surface area contributed by atoms with Crippen molar-refractivity contribution in [1.82, 2.24) is 9.97 Å². The Bertz CT molecular complexity index is 636. The van der Waals surface area contributed by atoms with Crippen LogP contribution in [0.1, 0.15) is 31.1 Å². The second-order valence-electron chi connectivity index (χ2n) is 5.05. The molecule has 2 aromatic heterocycles. The molecule has 0 atom stereocenters. The smallest absolute Gasteiger partial charge is 0.305 e. The number of thiophene rings is 1. The average Bonchev–Trinajstić information content (AvgIpc) is 3.17. The van der Waals surface area contributed by atoms with E-state index in [-0.39, 0.29) is 6.42 Å². The predicted octanol–water partition coefficient (Wildman–Crippen LogP) is 2.70. The number of aryl methyl sites for hydroxylation is 1. The maximum Gasteiger partial charge on any atom is 0.305 e. The van der Waals surface area contributed by atoms with Crippen molar-refractivity contribution in [3.63, 3.8) is 0 Å². The third-order valence-corrected chi connectivity index (χ3v) is 4.72. The predicted molar refractivity (Wildman–Crippen MR) is 79.4 cm³/mol. The summed E-state index contributed by atoms with van der Waals surface area (Å²) in [6.45, 7) is 2.64. The molecule has 1 fully saturated rings. The highest BCUT2D eigenvalue weighted by Gasteiger charge is 2.31. The minimum absolute atomic E-state index is 0.146. The first-order valence-electron chi connectivity index (χ1n) is 6.91. The second kappa shape index (κ2) is 5.36. The van der Waals surface area contributed by atoms with Crippen LogP contribution in [0.3, 0.4) is 0 Å². The molecule has 2 heterocycles. The van der Waals surface area contributed by atoms with E-state index in [4.69, 9.17) is 5.11 Å². The maximum absolute atomic E-state index is 10.8. The Hall–Kier alpha value is -1.69. The van der Waals surface area contributed by atoms with Crippen molar-refractivity contribution < 1.29 is 9.90 Å². The summed E-state index contributed by atoms with van der Waals surface area (Å²) in [5.41, 5.74) is 0. The molecule has 0 amide bonds. The summed E-state index contributed by atoms with van der Waals surface area (Å²) < 4.78 is 0. The van der Waals surface area contributed by atoms with Crippen LogP contribution >= 0.6 is 11.3 Å². The van der Waals surface area contributed by atoms with Gasteiger partial charge in [-0.2, -0.15) is 0 Å². The van der Waals surface area contributed by atoms with Crippen LogP contribution in [0.2, 0.25) is 0 Å². The Morgan fingerprint density at radius 2 is 2.30 bits per heavy atom. The normalized spacial score (nSPS) is 14.7. The number of hydrogen-bond acceptors (Lipinski definition) is 5. The Morgan fingerprint density at radius 3 is 2.95 bits per heavy atom. The van der Waals surface area contributed by atoms with Gasteiger partial charge >= 0.3 is 5.97 Å². The van der Waals surface area contributed by atoms with Crippen molar-refractivity contribution in [3.05, 3.63) is 17.3 Å². The summed E-state index contributed by atoms with van der Waals surface area (Å²) in [5.74, 6) is 0.134. The van der Waals surface area contributed by atoms with Crippen LogP contribution < -0.4 is 4.90 Å². The van der Waals surface area contributed by atoms with Gasteiger partial charge in [-0.1, -0.05) is 6.92 Å². The molecule has 2 aromatic rings. The first-order valence-corrected chi connectivity index (χ1v) is 7.72. The van der Waals surface area contributed by atoms with E-state index in [0.29, 0.717) is 12.6 Å². The van der Waals surface area contributed by atoms with Gasteiger partial charge in [0.1, 0.15) is 17.0 Å². The van der Waals surface area contributed by atoms with E-state index in [1.807, 2.05) is 0 Å². The number of aliphatic carboxylic acids is 1. The van der Waals surface area contributed by atoms with Crippen molar-refractivity contribution in [2.75, 3.05) is 11.4 Å². The molecule has 5 nitrogen and oxygen atoms in total. The summed E-state index contributed by atoms with van der Waals surface area (Å²) in [4.78, 5) is 24.0. The summed E-state index contributed by atoms with van der Waals surface area (Å²) in [6.07, 6.45) is 4.96. The van der Waals surface area contributed by atoms with Gasteiger partial charge in [-0.05, 0) is 25.3 Å². The van der Waals surface area contributed by atoms with Crippen molar-refractivity contribution in [1.29, 1.82) is 0 Å². The quantitative estimate of drug-likeness (QED) is 0.886. The van der Waals surface area contributed by atoms with Gasteiger partial charge in [0.05, 0.1) is 11.8 Å². The Morgan fingerprint density at radius 1 is 1.50 bits per heavy atom. The van der Waals surface area contributed by atoms with Crippen LogP contribution in [0, 0.1) is 0 Å². The number of aromatic nitrogens is 2. The topological polar surface area (TPSA) is 66.3 Å². The molecule has 0 unspecified atom stereocenters. The molecule has 0 aliphatic heterocycles. The zero-order valence-corrected chi connectivity index (χ0v) is 12.2. The molecule has 6 heteroatoms. The lowest BCUT2D eigenvalue weighted by molar-refractivity contribution is -0.136. The van der Waals surface area contributed by atoms with Crippen LogP contribution in [0.5, 0.6) is 0 Å². The molecule has 1 aliphatic rings. The third kappa shape index (κ3) is 2.60. The van der Waals surface area contributed by atoms with Gasteiger partial charge in [0.25, 0.3) is 0 Å². The van der Waals surface area contributed by atoms with Crippen molar-refractivity contribution in [2.24, 2.45) is 0 Å². The Balaban J connectivity index is 1.97. The Labute approximate surface area is 121 Å². The first-order chi connectivity index (χ1) is 9.69. The molecule has 0 saturated heterocycles. The number of hydrogen-bond donors (Lipinski definition) is 1. The van der Waals surface area contributed by atoms with Crippen molar-refractivity contribution in [2.45, 2.75) is 38.6 Å². The van der Waals surface area contributed by atoms with E-state index in [1.54, 1.807) is 17.7 Å². The molecule has 3 rings (SSSR count). The van der Waals surface area contributed by atoms with Crippen LogP contribution in [-0.2, 0) is 11.2 Å². The van der Waals surface area contributed by atoms with E-state index >= 15 is 0 Å². The van der Waals surface area contributed by atoms with Crippen LogP contribution in [-0.4, -0.2) is 33.6 Å². The number of carbonyl (C=O) groups is 1. The fourth-order valence-corrected chi connectivity index (χ4v) is 3.29. The SMILES string of the molecule is CCc1cc2c(N(CCC(=O)O)C3CC3)ncnc2s1. The van der Waals surface area contributed by atoms with E-state index in [1.165, 1.54) is 4.88 Å². The molecule has 1 N–H and O–H groups in total. The maximum atomic E-state index is 10.8. The molecule has 0 spiro atoms. The van der Waals surface area contributed by atoms with E-state index in [0.717, 1.165) is 35.3 Å². The van der Waals surface area contributed by atoms with Gasteiger partial charge in [-0.3, -0.25) is 4.79 Å². The molecule has 0 radical (unpaired) electrons. The third-order valence-electron chi connectivity index (χ3n) is 3.53. The lowest BCUT2D eigenvalue weighted by Gasteiger charge is -2.23. The molecular formula is C14H17N3O2S. The van der Waals surface area contributed by atoms with Gasteiger partial charge in [-0.25, -0.2) is 9.97 Å². The monoisotopic (exact) mass is 291 g/mol. The van der Waals surface area contributed by atoms with Gasteiger partial charge in [0, 0.05) is 17.5 Å². The minimum Gasteiger partial charge on any atom is -0.481 e. The number of fused-ring (bicyclic) bond motifs is 1. The van der Waals surface area contributed by atoms with E-state index < -0.39 is 5.97 Å². The molecule has 106 valence electrons. The average molecular weight is 291 g/mol. The summed E-state index contributed by atoms with van der Waals surface area (Å²) in [7, 11) is 0. The van der Waals surface area contributed by atoms with Crippen LogP contribution in [0.15, 0.2) is 12.4 Å². The number of anilines is 1. The van der Waals surface area contributed by atoms with E-state index in [9.17, 15) is 4.79 Å².